The average Bonchev–Trinajstić information content (AvgIpc) is 2.17. The first kappa shape index (κ1) is 11.4. The molecule has 0 aliphatic rings. The van der Waals surface area contributed by atoms with Gasteiger partial charge in [-0.1, -0.05) is 52.9 Å². The van der Waals surface area contributed by atoms with Gasteiger partial charge < -0.3 is 0 Å². The molecule has 4 heteroatoms. The number of alkyl halides is 1. The third-order valence-corrected chi connectivity index (χ3v) is 4.61. The molecular weight excluding hydrogens is 392 g/mol. The Labute approximate surface area is 105 Å². The highest BCUT2D eigenvalue weighted by Gasteiger charge is 2.18. The number of halogens is 2. The number of nitrogens with zero attached hydrogens (tertiary/aromatic N) is 1. The van der Waals surface area contributed by atoms with Gasteiger partial charge in [0.15, 0.2) is 5.78 Å². The lowest BCUT2D eigenvalue weighted by atomic mass is 10.1. The van der Waals surface area contributed by atoms with Crippen LogP contribution >= 0.6 is 45.5 Å². The smallest absolute Gasteiger partial charge is 0.190 e. The summed E-state index contributed by atoms with van der Waals surface area (Å²) in [6, 6.07) is 9.35. The summed E-state index contributed by atoms with van der Waals surface area (Å²) in [6.45, 7) is 0. The van der Waals surface area contributed by atoms with Gasteiger partial charge in [-0.05, 0) is 7.05 Å². The van der Waals surface area contributed by atoms with Gasteiger partial charge in [0.1, 0.15) is 4.05 Å². The van der Waals surface area contributed by atoms with E-state index in [0.29, 0.717) is 0 Å². The normalized spacial score (nSPS) is 12.9. The largest absolute Gasteiger partial charge is 0.291 e. The molecule has 0 aliphatic heterocycles. The van der Waals surface area contributed by atoms with E-state index in [2.05, 4.69) is 45.5 Å². The molecule has 70 valence electrons. The van der Waals surface area contributed by atoms with Crippen LogP contribution in [0.15, 0.2) is 30.3 Å². The van der Waals surface area contributed by atoms with Crippen LogP contribution < -0.4 is 0 Å². The molecule has 0 aliphatic carbocycles. The predicted octanol–water partition coefficient (Wildman–Crippen LogP) is 2.91. The molecule has 0 fully saturated rings. The van der Waals surface area contributed by atoms with E-state index in [1.54, 1.807) is 0 Å². The summed E-state index contributed by atoms with van der Waals surface area (Å²) in [5, 5.41) is 0. The maximum absolute atomic E-state index is 11.7. The molecule has 0 radical (unpaired) electrons. The summed E-state index contributed by atoms with van der Waals surface area (Å²) in [6.07, 6.45) is 0. The van der Waals surface area contributed by atoms with E-state index in [1.807, 2.05) is 40.5 Å². The van der Waals surface area contributed by atoms with Crippen LogP contribution in [-0.2, 0) is 0 Å². The standard InChI is InChI=1S/C9H9I2NO/c1-12(11)9(10)8(13)7-5-3-2-4-6-7/h2-6,9H,1H3. The second-order valence-electron chi connectivity index (χ2n) is 2.59. The van der Waals surface area contributed by atoms with Gasteiger partial charge >= 0.3 is 0 Å². The van der Waals surface area contributed by atoms with Gasteiger partial charge in [0.05, 0.1) is 0 Å². The van der Waals surface area contributed by atoms with Crippen molar-refractivity contribution in [3.05, 3.63) is 35.9 Å². The fourth-order valence-corrected chi connectivity index (χ4v) is 1.51. The molecule has 0 spiro atoms. The highest BCUT2D eigenvalue weighted by molar-refractivity contribution is 14.1. The van der Waals surface area contributed by atoms with E-state index < -0.39 is 0 Å². The van der Waals surface area contributed by atoms with Crippen molar-refractivity contribution in [2.45, 2.75) is 4.05 Å². The van der Waals surface area contributed by atoms with Crippen LogP contribution in [0.3, 0.4) is 0 Å². The molecule has 1 atom stereocenters. The highest BCUT2D eigenvalue weighted by atomic mass is 127. The second kappa shape index (κ2) is 5.26. The van der Waals surface area contributed by atoms with Crippen molar-refractivity contribution < 1.29 is 4.79 Å². The van der Waals surface area contributed by atoms with Gasteiger partial charge in [0.25, 0.3) is 0 Å². The Morgan fingerprint density at radius 3 is 2.38 bits per heavy atom. The van der Waals surface area contributed by atoms with Crippen molar-refractivity contribution in [3.63, 3.8) is 0 Å². The topological polar surface area (TPSA) is 20.3 Å². The maximum Gasteiger partial charge on any atom is 0.190 e. The quantitative estimate of drug-likeness (QED) is 0.255. The molecule has 0 aromatic heterocycles. The summed E-state index contributed by atoms with van der Waals surface area (Å²) in [7, 11) is 1.89. The minimum Gasteiger partial charge on any atom is -0.291 e. The third-order valence-electron chi connectivity index (χ3n) is 1.59. The van der Waals surface area contributed by atoms with E-state index in [9.17, 15) is 4.79 Å². The van der Waals surface area contributed by atoms with Gasteiger partial charge in [-0.2, -0.15) is 0 Å². The van der Waals surface area contributed by atoms with E-state index in [0.717, 1.165) is 5.56 Å². The number of carbonyl (C=O) groups excluding carboxylic acids is 1. The molecule has 13 heavy (non-hydrogen) atoms. The van der Waals surface area contributed by atoms with Crippen LogP contribution in [0.25, 0.3) is 0 Å². The van der Waals surface area contributed by atoms with Crippen LogP contribution in [0.1, 0.15) is 10.4 Å². The molecular formula is C9H9I2NO. The van der Waals surface area contributed by atoms with Gasteiger partial charge in [-0.25, -0.2) is 3.11 Å². The third kappa shape index (κ3) is 3.17. The summed E-state index contributed by atoms with van der Waals surface area (Å²) >= 11 is 4.25. The van der Waals surface area contributed by atoms with Crippen LogP contribution in [0.5, 0.6) is 0 Å². The van der Waals surface area contributed by atoms with Crippen molar-refractivity contribution >= 4 is 51.2 Å². The number of benzene rings is 1. The van der Waals surface area contributed by atoms with E-state index >= 15 is 0 Å². The minimum absolute atomic E-state index is 0.0967. The Balaban J connectivity index is 2.80. The zero-order chi connectivity index (χ0) is 9.84. The fraction of sp³-hybridized carbons (Fsp3) is 0.222. The Morgan fingerprint density at radius 2 is 1.92 bits per heavy atom. The van der Waals surface area contributed by atoms with Crippen molar-refractivity contribution in [3.8, 4) is 0 Å². The molecule has 1 rings (SSSR count). The molecule has 0 saturated heterocycles. The summed E-state index contributed by atoms with van der Waals surface area (Å²) in [5.74, 6) is 0.151. The van der Waals surface area contributed by atoms with Crippen molar-refractivity contribution in [1.82, 2.24) is 3.11 Å². The van der Waals surface area contributed by atoms with E-state index in [-0.39, 0.29) is 9.83 Å². The number of Topliss-reactive ketones (excluding diaryl/α,β-unsaturated/α-hetero) is 1. The molecule has 1 aromatic carbocycles. The highest BCUT2D eigenvalue weighted by Crippen LogP contribution is 2.16. The van der Waals surface area contributed by atoms with E-state index in [4.69, 9.17) is 0 Å². The molecule has 1 aromatic rings. The fourth-order valence-electron chi connectivity index (χ4n) is 0.902. The molecule has 0 heterocycles. The van der Waals surface area contributed by atoms with Gasteiger partial charge in [-0.15, -0.1) is 0 Å². The number of hydrogen-bond donors (Lipinski definition) is 0. The van der Waals surface area contributed by atoms with Gasteiger partial charge in [0, 0.05) is 28.4 Å². The lowest BCUT2D eigenvalue weighted by molar-refractivity contribution is 0.0971. The van der Waals surface area contributed by atoms with Crippen molar-refractivity contribution in [2.75, 3.05) is 7.05 Å². The zero-order valence-electron chi connectivity index (χ0n) is 7.08. The first-order chi connectivity index (χ1) is 6.13. The number of hydrogen-bond acceptors (Lipinski definition) is 2. The molecule has 0 saturated carbocycles. The summed E-state index contributed by atoms with van der Waals surface area (Å²) < 4.78 is 1.77. The first-order valence-electron chi connectivity index (χ1n) is 3.75. The second-order valence-corrected chi connectivity index (χ2v) is 5.29. The van der Waals surface area contributed by atoms with Crippen LogP contribution in [0, 0.1) is 0 Å². The molecule has 2 nitrogen and oxygen atoms in total. The lowest BCUT2D eigenvalue weighted by Gasteiger charge is -2.14. The lowest BCUT2D eigenvalue weighted by Crippen LogP contribution is -2.25. The summed E-state index contributed by atoms with van der Waals surface area (Å²) in [4.78, 5) is 11.7. The van der Waals surface area contributed by atoms with Crippen molar-refractivity contribution in [2.24, 2.45) is 0 Å². The average molecular weight is 401 g/mol. The Kier molecular flexibility index (Phi) is 4.60. The Morgan fingerprint density at radius 1 is 1.38 bits per heavy atom. The maximum atomic E-state index is 11.7. The summed E-state index contributed by atoms with van der Waals surface area (Å²) in [5.41, 5.74) is 0.769. The number of ketones is 1. The molecule has 1 unspecified atom stereocenters. The first-order valence-corrected chi connectivity index (χ1v) is 5.96. The van der Waals surface area contributed by atoms with Gasteiger partial charge in [0.2, 0.25) is 0 Å². The zero-order valence-corrected chi connectivity index (χ0v) is 11.4. The number of rotatable bonds is 3. The predicted molar refractivity (Wildman–Crippen MR) is 70.4 cm³/mol. The van der Waals surface area contributed by atoms with Crippen LogP contribution in [-0.4, -0.2) is 20.0 Å². The Hall–Kier alpha value is 0.310. The SMILES string of the molecule is CN(I)C(I)C(=O)c1ccccc1. The number of carbonyl (C=O) groups is 1. The van der Waals surface area contributed by atoms with Gasteiger partial charge in [-0.3, -0.25) is 4.79 Å². The molecule has 0 N–H and O–H groups in total. The van der Waals surface area contributed by atoms with Crippen molar-refractivity contribution in [1.29, 1.82) is 0 Å². The minimum atomic E-state index is -0.0967. The van der Waals surface area contributed by atoms with Crippen LogP contribution in [0.2, 0.25) is 0 Å². The monoisotopic (exact) mass is 401 g/mol. The number of likely N-dealkylation sites (N-methyl/N-ethyl adjacent to an activating group) is 1. The molecule has 0 amide bonds. The van der Waals surface area contributed by atoms with E-state index in [1.165, 1.54) is 0 Å². The Bertz CT molecular complexity index is 287. The molecule has 0 bridgehead atoms. The van der Waals surface area contributed by atoms with Crippen LogP contribution in [0.4, 0.5) is 0 Å².